The van der Waals surface area contributed by atoms with Crippen molar-refractivity contribution in [2.24, 2.45) is 0 Å². The summed E-state index contributed by atoms with van der Waals surface area (Å²) in [5, 5.41) is 10.4. The Hall–Kier alpha value is -1.78. The van der Waals surface area contributed by atoms with Gasteiger partial charge < -0.3 is 4.57 Å². The van der Waals surface area contributed by atoms with Gasteiger partial charge in [-0.2, -0.15) is 0 Å². The summed E-state index contributed by atoms with van der Waals surface area (Å²) in [4.78, 5) is 0. The van der Waals surface area contributed by atoms with Gasteiger partial charge in [0.05, 0.1) is 0 Å². The molecule has 0 saturated heterocycles. The standard InChI is InChI=1S/C17H16ClN3S/c1-2-21-16(14-8-10-15(18)11-9-14)19-20-17(21)22-12-13-6-4-3-5-7-13/h3-11H,2,12H2,1H3. The second-order valence-electron chi connectivity index (χ2n) is 4.83. The number of halogens is 1. The molecule has 0 unspecified atom stereocenters. The predicted octanol–water partition coefficient (Wildman–Crippen LogP) is 4.91. The lowest BCUT2D eigenvalue weighted by Gasteiger charge is -2.07. The van der Waals surface area contributed by atoms with Crippen LogP contribution in [0.25, 0.3) is 11.4 Å². The van der Waals surface area contributed by atoms with Crippen LogP contribution in [0.5, 0.6) is 0 Å². The van der Waals surface area contributed by atoms with Crippen molar-refractivity contribution in [3.8, 4) is 11.4 Å². The number of benzene rings is 2. The quantitative estimate of drug-likeness (QED) is 0.623. The van der Waals surface area contributed by atoms with E-state index in [4.69, 9.17) is 11.6 Å². The molecule has 22 heavy (non-hydrogen) atoms. The lowest BCUT2D eigenvalue weighted by Crippen LogP contribution is -1.99. The summed E-state index contributed by atoms with van der Waals surface area (Å²) in [6.45, 7) is 2.94. The first-order valence-corrected chi connectivity index (χ1v) is 8.50. The van der Waals surface area contributed by atoms with Gasteiger partial charge in [0.15, 0.2) is 11.0 Å². The second kappa shape index (κ2) is 6.99. The largest absolute Gasteiger partial charge is 0.302 e. The molecule has 0 atom stereocenters. The van der Waals surface area contributed by atoms with Crippen molar-refractivity contribution in [3.63, 3.8) is 0 Å². The van der Waals surface area contributed by atoms with E-state index >= 15 is 0 Å². The molecule has 0 spiro atoms. The molecule has 0 aliphatic heterocycles. The average molecular weight is 330 g/mol. The minimum absolute atomic E-state index is 0.727. The Morgan fingerprint density at radius 1 is 1.00 bits per heavy atom. The molecule has 0 N–H and O–H groups in total. The van der Waals surface area contributed by atoms with Crippen molar-refractivity contribution >= 4 is 23.4 Å². The van der Waals surface area contributed by atoms with Gasteiger partial charge in [0.25, 0.3) is 0 Å². The first kappa shape index (κ1) is 15.1. The Morgan fingerprint density at radius 2 is 1.73 bits per heavy atom. The number of hydrogen-bond donors (Lipinski definition) is 0. The maximum atomic E-state index is 5.95. The summed E-state index contributed by atoms with van der Waals surface area (Å²) in [5.41, 5.74) is 2.32. The van der Waals surface area contributed by atoms with Crippen LogP contribution in [-0.2, 0) is 12.3 Å². The van der Waals surface area contributed by atoms with Gasteiger partial charge in [0.2, 0.25) is 0 Å². The number of rotatable bonds is 5. The molecule has 2 aromatic carbocycles. The minimum Gasteiger partial charge on any atom is -0.302 e. The molecule has 0 radical (unpaired) electrons. The molecule has 3 nitrogen and oxygen atoms in total. The SMILES string of the molecule is CCn1c(SCc2ccccc2)nnc1-c1ccc(Cl)cc1. The fraction of sp³-hybridized carbons (Fsp3) is 0.176. The van der Waals surface area contributed by atoms with Crippen molar-refractivity contribution in [3.05, 3.63) is 65.2 Å². The van der Waals surface area contributed by atoms with Crippen molar-refractivity contribution < 1.29 is 0 Å². The van der Waals surface area contributed by atoms with Crippen molar-refractivity contribution in [1.82, 2.24) is 14.8 Å². The Bertz CT molecular complexity index is 738. The van der Waals surface area contributed by atoms with E-state index < -0.39 is 0 Å². The van der Waals surface area contributed by atoms with Gasteiger partial charge >= 0.3 is 0 Å². The normalized spacial score (nSPS) is 10.8. The number of hydrogen-bond acceptors (Lipinski definition) is 3. The highest BCUT2D eigenvalue weighted by Crippen LogP contribution is 2.26. The monoisotopic (exact) mass is 329 g/mol. The number of nitrogens with zero attached hydrogens (tertiary/aromatic N) is 3. The summed E-state index contributed by atoms with van der Waals surface area (Å²) >= 11 is 7.66. The van der Waals surface area contributed by atoms with E-state index in [2.05, 4.69) is 46.0 Å². The highest BCUT2D eigenvalue weighted by molar-refractivity contribution is 7.98. The van der Waals surface area contributed by atoms with Crippen LogP contribution in [0.1, 0.15) is 12.5 Å². The molecule has 3 rings (SSSR count). The van der Waals surface area contributed by atoms with Gasteiger partial charge in [-0.25, -0.2) is 0 Å². The van der Waals surface area contributed by atoms with Gasteiger partial charge in [-0.1, -0.05) is 53.7 Å². The fourth-order valence-corrected chi connectivity index (χ4v) is 3.30. The Kier molecular flexibility index (Phi) is 4.80. The van der Waals surface area contributed by atoms with E-state index in [1.165, 1.54) is 5.56 Å². The van der Waals surface area contributed by atoms with Crippen LogP contribution in [0.4, 0.5) is 0 Å². The summed E-state index contributed by atoms with van der Waals surface area (Å²) in [6, 6.07) is 18.1. The highest BCUT2D eigenvalue weighted by atomic mass is 35.5. The van der Waals surface area contributed by atoms with E-state index in [0.29, 0.717) is 0 Å². The van der Waals surface area contributed by atoms with Crippen LogP contribution in [0.3, 0.4) is 0 Å². The summed E-state index contributed by atoms with van der Waals surface area (Å²) in [6.07, 6.45) is 0. The molecule has 1 heterocycles. The van der Waals surface area contributed by atoms with Crippen LogP contribution in [0, 0.1) is 0 Å². The smallest absolute Gasteiger partial charge is 0.191 e. The lowest BCUT2D eigenvalue weighted by atomic mass is 10.2. The molecule has 0 aliphatic carbocycles. The maximum absolute atomic E-state index is 5.95. The zero-order valence-electron chi connectivity index (χ0n) is 12.2. The third kappa shape index (κ3) is 3.34. The Labute approximate surface area is 139 Å². The highest BCUT2D eigenvalue weighted by Gasteiger charge is 2.13. The first-order chi connectivity index (χ1) is 10.8. The Balaban J connectivity index is 1.82. The molecule has 0 saturated carbocycles. The molecule has 0 amide bonds. The van der Waals surface area contributed by atoms with Gasteiger partial charge in [0, 0.05) is 22.9 Å². The van der Waals surface area contributed by atoms with Crippen LogP contribution in [0.2, 0.25) is 5.02 Å². The Morgan fingerprint density at radius 3 is 2.41 bits per heavy atom. The van der Waals surface area contributed by atoms with E-state index in [1.807, 2.05) is 30.3 Å². The van der Waals surface area contributed by atoms with E-state index in [1.54, 1.807) is 11.8 Å². The van der Waals surface area contributed by atoms with Crippen LogP contribution < -0.4 is 0 Å². The van der Waals surface area contributed by atoms with E-state index in [-0.39, 0.29) is 0 Å². The molecule has 0 bridgehead atoms. The van der Waals surface area contributed by atoms with Gasteiger partial charge in [0.1, 0.15) is 0 Å². The molecule has 0 fully saturated rings. The molecule has 3 aromatic rings. The van der Waals surface area contributed by atoms with Gasteiger partial charge in [-0.15, -0.1) is 10.2 Å². The van der Waals surface area contributed by atoms with E-state index in [9.17, 15) is 0 Å². The molecular formula is C17H16ClN3S. The third-order valence-corrected chi connectivity index (χ3v) is 4.64. The number of aromatic nitrogens is 3. The average Bonchev–Trinajstić information content (AvgIpc) is 2.97. The zero-order valence-corrected chi connectivity index (χ0v) is 13.8. The van der Waals surface area contributed by atoms with E-state index in [0.717, 1.165) is 33.9 Å². The number of thioether (sulfide) groups is 1. The van der Waals surface area contributed by atoms with Crippen molar-refractivity contribution in [1.29, 1.82) is 0 Å². The van der Waals surface area contributed by atoms with Crippen molar-refractivity contribution in [2.45, 2.75) is 24.4 Å². The summed E-state index contributed by atoms with van der Waals surface area (Å²) in [7, 11) is 0. The summed E-state index contributed by atoms with van der Waals surface area (Å²) < 4.78 is 2.14. The van der Waals surface area contributed by atoms with Gasteiger partial charge in [-0.3, -0.25) is 0 Å². The lowest BCUT2D eigenvalue weighted by molar-refractivity contribution is 0.687. The first-order valence-electron chi connectivity index (χ1n) is 7.14. The van der Waals surface area contributed by atoms with Crippen LogP contribution >= 0.6 is 23.4 Å². The van der Waals surface area contributed by atoms with Gasteiger partial charge in [-0.05, 0) is 36.8 Å². The topological polar surface area (TPSA) is 30.7 Å². The molecule has 0 aliphatic rings. The minimum atomic E-state index is 0.727. The van der Waals surface area contributed by atoms with Crippen molar-refractivity contribution in [2.75, 3.05) is 0 Å². The molecule has 5 heteroatoms. The maximum Gasteiger partial charge on any atom is 0.191 e. The molecule has 1 aromatic heterocycles. The fourth-order valence-electron chi connectivity index (χ4n) is 2.22. The third-order valence-electron chi connectivity index (χ3n) is 3.35. The molecular weight excluding hydrogens is 314 g/mol. The van der Waals surface area contributed by atoms with Crippen LogP contribution in [-0.4, -0.2) is 14.8 Å². The van der Waals surface area contributed by atoms with Crippen LogP contribution in [0.15, 0.2) is 59.8 Å². The summed E-state index contributed by atoms with van der Waals surface area (Å²) in [5.74, 6) is 1.77. The predicted molar refractivity (Wildman–Crippen MR) is 92.1 cm³/mol. The zero-order chi connectivity index (χ0) is 15.4. The second-order valence-corrected chi connectivity index (χ2v) is 6.21. The molecule has 112 valence electrons.